The predicted octanol–water partition coefficient (Wildman–Crippen LogP) is 3.90. The van der Waals surface area contributed by atoms with Crippen molar-refractivity contribution in [2.75, 3.05) is 17.2 Å². The zero-order valence-electron chi connectivity index (χ0n) is 15.0. The van der Waals surface area contributed by atoms with Gasteiger partial charge in [-0.05, 0) is 61.2 Å². The summed E-state index contributed by atoms with van der Waals surface area (Å²) in [5, 5.41) is 5.41. The number of amides is 2. The van der Waals surface area contributed by atoms with Gasteiger partial charge in [0.15, 0.2) is 0 Å². The van der Waals surface area contributed by atoms with Gasteiger partial charge < -0.3 is 21.1 Å². The Kier molecular flexibility index (Phi) is 6.25. The van der Waals surface area contributed by atoms with Crippen molar-refractivity contribution in [3.8, 4) is 0 Å². The number of benzene rings is 2. The topological polar surface area (TPSA) is 88.7 Å². The highest BCUT2D eigenvalue weighted by Crippen LogP contribution is 2.15. The number of halogens is 1. The molecule has 0 bridgehead atoms. The highest BCUT2D eigenvalue weighted by molar-refractivity contribution is 5.99. The van der Waals surface area contributed by atoms with Gasteiger partial charge in [0.2, 0.25) is 0 Å². The quantitative estimate of drug-likeness (QED) is 0.646. The van der Waals surface area contributed by atoms with Crippen molar-refractivity contribution in [3.05, 3.63) is 59.9 Å². The lowest BCUT2D eigenvalue weighted by atomic mass is 10.0. The third kappa shape index (κ3) is 5.99. The molecule has 1 atom stereocenters. The number of aliphatic imine (C=N–C) groups is 1. The molecule has 1 aliphatic rings. The monoisotopic (exact) mass is 370 g/mol. The Hall–Kier alpha value is -3.09. The Morgan fingerprint density at radius 1 is 1.07 bits per heavy atom. The van der Waals surface area contributed by atoms with Gasteiger partial charge in [0.05, 0.1) is 6.04 Å². The summed E-state index contributed by atoms with van der Waals surface area (Å²) in [5.74, 6) is -0.343. The molecular weight excluding hydrogens is 347 g/mol. The molecule has 0 radical (unpaired) electrons. The van der Waals surface area contributed by atoms with Gasteiger partial charge in [-0.2, -0.15) is 0 Å². The summed E-state index contributed by atoms with van der Waals surface area (Å²) in [4.78, 5) is 16.2. The van der Waals surface area contributed by atoms with Crippen LogP contribution in [0.3, 0.4) is 0 Å². The molecule has 1 unspecified atom stereocenters. The van der Waals surface area contributed by atoms with Gasteiger partial charge in [-0.3, -0.25) is 0 Å². The van der Waals surface area contributed by atoms with Crippen LogP contribution in [0.15, 0.2) is 53.5 Å². The summed E-state index contributed by atoms with van der Waals surface area (Å²) in [5.41, 5.74) is 7.94. The number of anilines is 2. The van der Waals surface area contributed by atoms with Crippen molar-refractivity contribution in [2.24, 2.45) is 10.7 Å². The van der Waals surface area contributed by atoms with Gasteiger partial charge >= 0.3 is 6.03 Å². The third-order valence-electron chi connectivity index (χ3n) is 4.30. The summed E-state index contributed by atoms with van der Waals surface area (Å²) in [6.07, 6.45) is 4.06. The number of unbranched alkanes of at least 4 members (excludes halogenated alkanes) is 1. The standard InChI is InChI=1S/C20H23FN4O2/c21-15-7-11-17(12-8-15)25-20(26)24-16-9-5-14(6-10-16)3-1-2-4-18-13-27-19(22)23-18/h5-12,18H,1-4,13H2,(H2,22,23)(H2,24,25,26). The van der Waals surface area contributed by atoms with E-state index in [4.69, 9.17) is 10.5 Å². The molecule has 3 rings (SSSR count). The van der Waals surface area contributed by atoms with Crippen LogP contribution < -0.4 is 16.4 Å². The number of aryl methyl sites for hydroxylation is 1. The highest BCUT2D eigenvalue weighted by Gasteiger charge is 2.15. The van der Waals surface area contributed by atoms with E-state index in [-0.39, 0.29) is 17.9 Å². The first-order valence-corrected chi connectivity index (χ1v) is 8.97. The smallest absolute Gasteiger partial charge is 0.323 e. The van der Waals surface area contributed by atoms with E-state index in [9.17, 15) is 9.18 Å². The van der Waals surface area contributed by atoms with Crippen LogP contribution in [0.1, 0.15) is 24.8 Å². The molecule has 0 saturated heterocycles. The molecule has 0 spiro atoms. The first-order chi connectivity index (χ1) is 13.1. The fraction of sp³-hybridized carbons (Fsp3) is 0.300. The number of hydrogen-bond acceptors (Lipinski definition) is 4. The average Bonchev–Trinajstić information content (AvgIpc) is 3.07. The van der Waals surface area contributed by atoms with E-state index in [1.807, 2.05) is 24.3 Å². The van der Waals surface area contributed by atoms with Crippen LogP contribution in [-0.2, 0) is 11.2 Å². The number of nitrogens with zero attached hydrogens (tertiary/aromatic N) is 1. The first-order valence-electron chi connectivity index (χ1n) is 8.97. The van der Waals surface area contributed by atoms with Gasteiger partial charge in [-0.1, -0.05) is 18.6 Å². The lowest BCUT2D eigenvalue weighted by Crippen LogP contribution is -2.19. The van der Waals surface area contributed by atoms with Crippen molar-refractivity contribution < 1.29 is 13.9 Å². The second-order valence-electron chi connectivity index (χ2n) is 6.46. The third-order valence-corrected chi connectivity index (χ3v) is 4.30. The van der Waals surface area contributed by atoms with Crippen molar-refractivity contribution in [1.82, 2.24) is 0 Å². The molecule has 6 nitrogen and oxygen atoms in total. The summed E-state index contributed by atoms with van der Waals surface area (Å²) in [6, 6.07) is 13.5. The van der Waals surface area contributed by atoms with E-state index in [2.05, 4.69) is 15.6 Å². The van der Waals surface area contributed by atoms with Crippen LogP contribution in [0.4, 0.5) is 20.6 Å². The molecule has 1 aliphatic heterocycles. The van der Waals surface area contributed by atoms with Crippen LogP contribution in [-0.4, -0.2) is 24.7 Å². The van der Waals surface area contributed by atoms with E-state index in [1.165, 1.54) is 29.8 Å². The van der Waals surface area contributed by atoms with Gasteiger partial charge in [-0.25, -0.2) is 14.2 Å². The van der Waals surface area contributed by atoms with Crippen molar-refractivity contribution in [1.29, 1.82) is 0 Å². The molecule has 142 valence electrons. The number of urea groups is 1. The predicted molar refractivity (Wildman–Crippen MR) is 104 cm³/mol. The Labute approximate surface area is 157 Å². The maximum absolute atomic E-state index is 12.9. The van der Waals surface area contributed by atoms with Crippen LogP contribution in [0.5, 0.6) is 0 Å². The molecule has 0 aliphatic carbocycles. The number of nitrogens with one attached hydrogen (secondary N) is 2. The van der Waals surface area contributed by atoms with Crippen LogP contribution in [0.25, 0.3) is 0 Å². The van der Waals surface area contributed by atoms with Gasteiger partial charge in [0, 0.05) is 11.4 Å². The number of amidine groups is 1. The largest absolute Gasteiger partial charge is 0.463 e. The Bertz CT molecular complexity index is 791. The van der Waals surface area contributed by atoms with E-state index in [0.29, 0.717) is 24.0 Å². The zero-order valence-corrected chi connectivity index (χ0v) is 15.0. The minimum atomic E-state index is -0.368. The molecule has 2 amide bonds. The van der Waals surface area contributed by atoms with E-state index in [1.54, 1.807) is 0 Å². The minimum Gasteiger partial charge on any atom is -0.463 e. The molecule has 0 aromatic heterocycles. The van der Waals surface area contributed by atoms with E-state index in [0.717, 1.165) is 25.7 Å². The van der Waals surface area contributed by atoms with Crippen LogP contribution >= 0.6 is 0 Å². The van der Waals surface area contributed by atoms with E-state index >= 15 is 0 Å². The Morgan fingerprint density at radius 2 is 1.70 bits per heavy atom. The van der Waals surface area contributed by atoms with Gasteiger partial charge in [0.1, 0.15) is 12.4 Å². The lowest BCUT2D eigenvalue weighted by Gasteiger charge is -2.09. The summed E-state index contributed by atoms with van der Waals surface area (Å²) < 4.78 is 18.0. The van der Waals surface area contributed by atoms with Crippen LogP contribution in [0, 0.1) is 5.82 Å². The number of rotatable bonds is 7. The fourth-order valence-corrected chi connectivity index (χ4v) is 2.87. The summed E-state index contributed by atoms with van der Waals surface area (Å²) >= 11 is 0. The molecule has 1 heterocycles. The second-order valence-corrected chi connectivity index (χ2v) is 6.46. The first kappa shape index (κ1) is 18.7. The SMILES string of the molecule is NC1=NC(CCCCc2ccc(NC(=O)Nc3ccc(F)cc3)cc2)CO1. The molecule has 0 fully saturated rings. The van der Waals surface area contributed by atoms with Crippen molar-refractivity contribution in [2.45, 2.75) is 31.7 Å². The number of hydrogen-bond donors (Lipinski definition) is 3. The van der Waals surface area contributed by atoms with E-state index < -0.39 is 0 Å². The zero-order chi connectivity index (χ0) is 19.1. The summed E-state index contributed by atoms with van der Waals surface area (Å²) in [6.45, 7) is 0.589. The molecular formula is C20H23FN4O2. The lowest BCUT2D eigenvalue weighted by molar-refractivity contribution is 0.262. The molecule has 0 saturated carbocycles. The molecule has 2 aromatic carbocycles. The van der Waals surface area contributed by atoms with Gasteiger partial charge in [0.25, 0.3) is 6.02 Å². The Morgan fingerprint density at radius 3 is 2.30 bits per heavy atom. The normalized spacial score (nSPS) is 15.7. The van der Waals surface area contributed by atoms with Gasteiger partial charge in [-0.15, -0.1) is 0 Å². The molecule has 27 heavy (non-hydrogen) atoms. The van der Waals surface area contributed by atoms with Crippen molar-refractivity contribution >= 4 is 23.4 Å². The average molecular weight is 370 g/mol. The fourth-order valence-electron chi connectivity index (χ4n) is 2.87. The number of ether oxygens (including phenoxy) is 1. The molecule has 2 aromatic rings. The second kappa shape index (κ2) is 9.02. The number of carbonyl (C=O) groups is 1. The maximum atomic E-state index is 12.9. The molecule has 7 heteroatoms. The summed E-state index contributed by atoms with van der Waals surface area (Å²) in [7, 11) is 0. The minimum absolute atomic E-state index is 0.191. The Balaban J connectivity index is 1.39. The van der Waals surface area contributed by atoms with Crippen LogP contribution in [0.2, 0.25) is 0 Å². The van der Waals surface area contributed by atoms with Crippen molar-refractivity contribution in [3.63, 3.8) is 0 Å². The highest BCUT2D eigenvalue weighted by atomic mass is 19.1. The molecule has 4 N–H and O–H groups in total. The number of carbonyl (C=O) groups excluding carboxylic acids is 1. The maximum Gasteiger partial charge on any atom is 0.323 e. The number of nitrogens with two attached hydrogens (primary N) is 1.